The Morgan fingerprint density at radius 2 is 0.737 bits per heavy atom. The second kappa shape index (κ2) is 6.73. The molecule has 19 heavy (non-hydrogen) atoms. The highest BCUT2D eigenvalue weighted by molar-refractivity contribution is 6.87. The average Bonchev–Trinajstić information content (AvgIpc) is 2.09. The van der Waals surface area contributed by atoms with Gasteiger partial charge in [0.15, 0.2) is 16.6 Å². The Labute approximate surface area is 126 Å². The maximum atomic E-state index is 6.74. The summed E-state index contributed by atoms with van der Waals surface area (Å²) in [6, 6.07) is 5.60. The predicted molar refractivity (Wildman–Crippen MR) is 102 cm³/mol. The van der Waals surface area contributed by atoms with Gasteiger partial charge in [-0.1, -0.05) is 51.4 Å². The van der Waals surface area contributed by atoms with Crippen LogP contribution in [0.5, 0.6) is 0 Å². The van der Waals surface area contributed by atoms with E-state index in [9.17, 15) is 0 Å². The van der Waals surface area contributed by atoms with Crippen molar-refractivity contribution in [2.75, 3.05) is 0 Å². The fraction of sp³-hybridized carbons (Fsp3) is 1.00. The minimum Gasteiger partial charge on any atom is -0.456 e. The van der Waals surface area contributed by atoms with E-state index in [1.807, 2.05) is 0 Å². The van der Waals surface area contributed by atoms with Crippen molar-refractivity contribution in [2.45, 2.75) is 89.6 Å². The monoisotopic (exact) mass is 334 g/mol. The van der Waals surface area contributed by atoms with Crippen molar-refractivity contribution < 1.29 is 4.12 Å². The summed E-state index contributed by atoms with van der Waals surface area (Å²) in [6.07, 6.45) is 0. The van der Waals surface area contributed by atoms with Gasteiger partial charge in [-0.3, -0.25) is 0 Å². The van der Waals surface area contributed by atoms with Gasteiger partial charge in [0.25, 0.3) is 0 Å². The van der Waals surface area contributed by atoms with Crippen molar-refractivity contribution in [3.05, 3.63) is 0 Å². The van der Waals surface area contributed by atoms with Gasteiger partial charge in [0, 0.05) is 16.1 Å². The summed E-state index contributed by atoms with van der Waals surface area (Å²) >= 11 is 0. The van der Waals surface area contributed by atoms with Crippen LogP contribution in [0.2, 0.25) is 89.6 Å². The Hall–Kier alpha value is 0.828. The molecular weight excluding hydrogens is 296 g/mol. The standard InChI is InChI=1S/C14H38OSi4/c1-16(2,3)11-13-18(7,8)15-19(9,10)14-12-17(4,5)6/h11-14H2,1-10H3. The molecular formula is C14H38OSi4. The van der Waals surface area contributed by atoms with Gasteiger partial charge in [-0.15, -0.1) is 0 Å². The normalized spacial score (nSPS) is 14.8. The molecule has 0 amide bonds. The van der Waals surface area contributed by atoms with Crippen LogP contribution < -0.4 is 0 Å². The summed E-state index contributed by atoms with van der Waals surface area (Å²) in [7, 11) is -4.69. The molecule has 0 aromatic rings. The highest BCUT2D eigenvalue weighted by Crippen LogP contribution is 2.28. The SMILES string of the molecule is C[Si](C)(C)CC[Si](C)(C)O[Si](C)(C)CC[Si](C)(C)C. The van der Waals surface area contributed by atoms with E-state index in [0.717, 1.165) is 0 Å². The van der Waals surface area contributed by atoms with Crippen LogP contribution in [-0.4, -0.2) is 32.8 Å². The molecule has 0 unspecified atom stereocenters. The fourth-order valence-corrected chi connectivity index (χ4v) is 19.8. The van der Waals surface area contributed by atoms with Crippen molar-refractivity contribution in [1.29, 1.82) is 0 Å². The summed E-state index contributed by atoms with van der Waals surface area (Å²) in [6.45, 7) is 24.6. The summed E-state index contributed by atoms with van der Waals surface area (Å²) in [5.41, 5.74) is 0. The zero-order valence-corrected chi connectivity index (χ0v) is 19.2. The number of hydrogen-bond acceptors (Lipinski definition) is 1. The molecule has 0 spiro atoms. The molecule has 0 aliphatic carbocycles. The van der Waals surface area contributed by atoms with Crippen LogP contribution in [0, 0.1) is 0 Å². The van der Waals surface area contributed by atoms with Crippen LogP contribution in [0.4, 0.5) is 0 Å². The minimum atomic E-state index is -1.43. The Bertz CT molecular complexity index is 246. The second-order valence-corrected chi connectivity index (χ2v) is 29.8. The molecule has 0 saturated carbocycles. The zero-order valence-electron chi connectivity index (χ0n) is 15.2. The third-order valence-corrected chi connectivity index (χ3v) is 15.3. The van der Waals surface area contributed by atoms with Crippen LogP contribution in [0.3, 0.4) is 0 Å². The molecule has 5 heteroatoms. The first kappa shape index (κ1) is 19.8. The van der Waals surface area contributed by atoms with E-state index in [1.165, 1.54) is 24.2 Å². The first-order chi connectivity index (χ1) is 8.12. The fourth-order valence-electron chi connectivity index (χ4n) is 2.20. The summed E-state index contributed by atoms with van der Waals surface area (Å²) in [4.78, 5) is 0. The van der Waals surface area contributed by atoms with Gasteiger partial charge in [0.1, 0.15) is 0 Å². The molecule has 0 aliphatic rings. The Morgan fingerprint density at radius 3 is 0.947 bits per heavy atom. The lowest BCUT2D eigenvalue weighted by molar-refractivity contribution is 0.541. The van der Waals surface area contributed by atoms with Crippen LogP contribution in [0.25, 0.3) is 0 Å². The van der Waals surface area contributed by atoms with Crippen molar-refractivity contribution in [3.63, 3.8) is 0 Å². The highest BCUT2D eigenvalue weighted by Gasteiger charge is 2.34. The predicted octanol–water partition coefficient (Wildman–Crippen LogP) is 6.09. The Balaban J connectivity index is 4.37. The Kier molecular flexibility index (Phi) is 7.02. The van der Waals surface area contributed by atoms with E-state index in [-0.39, 0.29) is 0 Å². The average molecular weight is 335 g/mol. The Morgan fingerprint density at radius 1 is 0.474 bits per heavy atom. The van der Waals surface area contributed by atoms with Crippen molar-refractivity contribution in [1.82, 2.24) is 0 Å². The van der Waals surface area contributed by atoms with Gasteiger partial charge in [-0.2, -0.15) is 0 Å². The van der Waals surface area contributed by atoms with Gasteiger partial charge in [0.05, 0.1) is 0 Å². The molecule has 0 saturated heterocycles. The van der Waals surface area contributed by atoms with E-state index in [0.29, 0.717) is 0 Å². The van der Waals surface area contributed by atoms with Crippen LogP contribution in [0.15, 0.2) is 0 Å². The largest absolute Gasteiger partial charge is 0.456 e. The molecule has 0 radical (unpaired) electrons. The molecule has 0 aliphatic heterocycles. The zero-order chi connectivity index (χ0) is 15.5. The van der Waals surface area contributed by atoms with Gasteiger partial charge in [-0.25, -0.2) is 0 Å². The number of rotatable bonds is 8. The molecule has 0 aromatic heterocycles. The third kappa shape index (κ3) is 12.3. The van der Waals surface area contributed by atoms with Crippen molar-refractivity contribution in [2.24, 2.45) is 0 Å². The highest BCUT2D eigenvalue weighted by atomic mass is 28.4. The van der Waals surface area contributed by atoms with E-state index >= 15 is 0 Å². The van der Waals surface area contributed by atoms with E-state index in [4.69, 9.17) is 4.12 Å². The van der Waals surface area contributed by atoms with Crippen LogP contribution in [-0.2, 0) is 4.12 Å². The molecule has 0 aromatic carbocycles. The van der Waals surface area contributed by atoms with Crippen LogP contribution in [0.1, 0.15) is 0 Å². The minimum absolute atomic E-state index is 0.914. The van der Waals surface area contributed by atoms with E-state index in [2.05, 4.69) is 65.5 Å². The lowest BCUT2D eigenvalue weighted by Gasteiger charge is -2.36. The molecule has 116 valence electrons. The van der Waals surface area contributed by atoms with E-state index in [1.54, 1.807) is 0 Å². The summed E-state index contributed by atoms with van der Waals surface area (Å²) < 4.78 is 6.74. The summed E-state index contributed by atoms with van der Waals surface area (Å²) in [5, 5.41) is 0. The van der Waals surface area contributed by atoms with Gasteiger partial charge in [-0.05, 0) is 38.3 Å². The lowest BCUT2D eigenvalue weighted by Crippen LogP contribution is -2.45. The molecule has 0 N–H and O–H groups in total. The molecule has 0 rings (SSSR count). The molecule has 0 bridgehead atoms. The maximum Gasteiger partial charge on any atom is 0.173 e. The van der Waals surface area contributed by atoms with Gasteiger partial charge < -0.3 is 4.12 Å². The van der Waals surface area contributed by atoms with Crippen molar-refractivity contribution >= 4 is 32.8 Å². The molecule has 0 heterocycles. The number of hydrogen-bond donors (Lipinski definition) is 0. The smallest absolute Gasteiger partial charge is 0.173 e. The second-order valence-electron chi connectivity index (χ2n) is 9.74. The molecule has 0 fully saturated rings. The van der Waals surface area contributed by atoms with Gasteiger partial charge in [0.2, 0.25) is 0 Å². The quantitative estimate of drug-likeness (QED) is 0.488. The first-order valence-electron chi connectivity index (χ1n) is 7.82. The lowest BCUT2D eigenvalue weighted by atomic mass is 10.9. The van der Waals surface area contributed by atoms with Crippen LogP contribution >= 0.6 is 0 Å². The molecule has 0 atom stereocenters. The van der Waals surface area contributed by atoms with Crippen molar-refractivity contribution in [3.8, 4) is 0 Å². The topological polar surface area (TPSA) is 9.23 Å². The first-order valence-corrected chi connectivity index (χ1v) is 21.5. The summed E-state index contributed by atoms with van der Waals surface area (Å²) in [5.74, 6) is 0. The third-order valence-electron chi connectivity index (χ3n) is 3.51. The van der Waals surface area contributed by atoms with E-state index < -0.39 is 32.8 Å². The van der Waals surface area contributed by atoms with Gasteiger partial charge >= 0.3 is 0 Å². The molecule has 1 nitrogen and oxygen atoms in total. The maximum absolute atomic E-state index is 6.74.